The van der Waals surface area contributed by atoms with Crippen LogP contribution in [0, 0.1) is 5.82 Å². The first-order valence-electron chi connectivity index (χ1n) is 7.95. The first kappa shape index (κ1) is 17.8. The van der Waals surface area contributed by atoms with Gasteiger partial charge in [0.25, 0.3) is 5.91 Å². The van der Waals surface area contributed by atoms with E-state index in [1.165, 1.54) is 12.1 Å². The lowest BCUT2D eigenvalue weighted by Gasteiger charge is -2.17. The largest absolute Gasteiger partial charge is 0.497 e. The molecule has 0 spiro atoms. The van der Waals surface area contributed by atoms with Crippen LogP contribution < -0.4 is 14.8 Å². The summed E-state index contributed by atoms with van der Waals surface area (Å²) in [5.41, 5.74) is 0.971. The molecule has 0 saturated carbocycles. The summed E-state index contributed by atoms with van der Waals surface area (Å²) in [5, 5.41) is 2.86. The number of methoxy groups -OCH3 is 1. The Balaban J connectivity index is 1.85. The predicted molar refractivity (Wildman–Crippen MR) is 90.8 cm³/mol. The normalized spacial score (nSPS) is 11.6. The van der Waals surface area contributed by atoms with E-state index in [1.54, 1.807) is 31.4 Å². The quantitative estimate of drug-likeness (QED) is 0.807. The predicted octanol–water partition coefficient (Wildman–Crippen LogP) is 3.35. The summed E-state index contributed by atoms with van der Waals surface area (Å²) >= 11 is 0. The van der Waals surface area contributed by atoms with Crippen LogP contribution >= 0.6 is 0 Å². The van der Waals surface area contributed by atoms with Crippen molar-refractivity contribution in [1.82, 2.24) is 5.32 Å². The molecular weight excluding hydrogens is 309 g/mol. The van der Waals surface area contributed by atoms with E-state index in [-0.39, 0.29) is 11.7 Å². The van der Waals surface area contributed by atoms with Crippen molar-refractivity contribution in [3.05, 3.63) is 59.9 Å². The van der Waals surface area contributed by atoms with Gasteiger partial charge in [-0.3, -0.25) is 4.79 Å². The van der Waals surface area contributed by atoms with Crippen LogP contribution in [0.15, 0.2) is 48.5 Å². The maximum absolute atomic E-state index is 12.9. The van der Waals surface area contributed by atoms with Crippen molar-refractivity contribution in [2.24, 2.45) is 0 Å². The molecule has 2 aromatic carbocycles. The molecule has 1 amide bonds. The zero-order valence-electron chi connectivity index (χ0n) is 13.9. The Kier molecular flexibility index (Phi) is 6.61. The number of amides is 1. The van der Waals surface area contributed by atoms with Gasteiger partial charge in [-0.2, -0.15) is 0 Å². The van der Waals surface area contributed by atoms with Gasteiger partial charge >= 0.3 is 0 Å². The first-order chi connectivity index (χ1) is 11.6. The average Bonchev–Trinajstić information content (AvgIpc) is 2.61. The topological polar surface area (TPSA) is 47.6 Å². The fraction of sp³-hybridized carbons (Fsp3) is 0.316. The Labute approximate surface area is 141 Å². The van der Waals surface area contributed by atoms with E-state index < -0.39 is 6.10 Å². The molecule has 0 heterocycles. The number of carbonyl (C=O) groups is 1. The molecule has 2 aromatic rings. The van der Waals surface area contributed by atoms with Crippen LogP contribution in [-0.4, -0.2) is 25.7 Å². The van der Waals surface area contributed by atoms with Gasteiger partial charge in [0.2, 0.25) is 0 Å². The van der Waals surface area contributed by atoms with E-state index in [1.807, 2.05) is 19.1 Å². The van der Waals surface area contributed by atoms with E-state index in [9.17, 15) is 9.18 Å². The Morgan fingerprint density at radius 3 is 2.54 bits per heavy atom. The van der Waals surface area contributed by atoms with Gasteiger partial charge in [0.15, 0.2) is 6.10 Å². The maximum atomic E-state index is 12.9. The van der Waals surface area contributed by atoms with E-state index in [0.29, 0.717) is 30.9 Å². The highest BCUT2D eigenvalue weighted by Gasteiger charge is 2.18. The van der Waals surface area contributed by atoms with Gasteiger partial charge in [0.1, 0.15) is 17.3 Å². The average molecular weight is 331 g/mol. The second-order valence-corrected chi connectivity index (χ2v) is 5.36. The van der Waals surface area contributed by atoms with Gasteiger partial charge in [0, 0.05) is 12.6 Å². The van der Waals surface area contributed by atoms with Crippen LogP contribution in [0.3, 0.4) is 0 Å². The van der Waals surface area contributed by atoms with Crippen molar-refractivity contribution in [1.29, 1.82) is 0 Å². The SMILES string of the molecule is CC[C@@H](Oc1cccc(OC)c1)C(=O)NCCc1ccc(F)cc1. The van der Waals surface area contributed by atoms with Crippen molar-refractivity contribution in [2.45, 2.75) is 25.9 Å². The van der Waals surface area contributed by atoms with Crippen molar-refractivity contribution < 1.29 is 18.7 Å². The van der Waals surface area contributed by atoms with Crippen LogP contribution in [0.25, 0.3) is 0 Å². The minimum absolute atomic E-state index is 0.164. The molecule has 0 fully saturated rings. The molecule has 1 N–H and O–H groups in total. The van der Waals surface area contributed by atoms with Gasteiger partial charge in [-0.15, -0.1) is 0 Å². The third-order valence-corrected chi connectivity index (χ3v) is 3.61. The molecule has 0 radical (unpaired) electrons. The Hall–Kier alpha value is -2.56. The van der Waals surface area contributed by atoms with Crippen molar-refractivity contribution in [3.63, 3.8) is 0 Å². The number of hydrogen-bond acceptors (Lipinski definition) is 3. The lowest BCUT2D eigenvalue weighted by molar-refractivity contribution is -0.128. The molecule has 4 nitrogen and oxygen atoms in total. The van der Waals surface area contributed by atoms with Gasteiger partial charge in [0.05, 0.1) is 7.11 Å². The maximum Gasteiger partial charge on any atom is 0.261 e. The van der Waals surface area contributed by atoms with Crippen LogP contribution in [0.1, 0.15) is 18.9 Å². The lowest BCUT2D eigenvalue weighted by Crippen LogP contribution is -2.38. The van der Waals surface area contributed by atoms with Crippen LogP contribution in [-0.2, 0) is 11.2 Å². The molecule has 0 aromatic heterocycles. The molecule has 24 heavy (non-hydrogen) atoms. The van der Waals surface area contributed by atoms with Gasteiger partial charge < -0.3 is 14.8 Å². The van der Waals surface area contributed by atoms with Crippen molar-refractivity contribution in [2.75, 3.05) is 13.7 Å². The van der Waals surface area contributed by atoms with Gasteiger partial charge in [-0.05, 0) is 42.7 Å². The Morgan fingerprint density at radius 1 is 1.17 bits per heavy atom. The summed E-state index contributed by atoms with van der Waals surface area (Å²) in [4.78, 5) is 12.3. The van der Waals surface area contributed by atoms with Crippen molar-refractivity contribution in [3.8, 4) is 11.5 Å². The highest BCUT2D eigenvalue weighted by Crippen LogP contribution is 2.20. The van der Waals surface area contributed by atoms with Crippen LogP contribution in [0.2, 0.25) is 0 Å². The number of benzene rings is 2. The molecule has 2 rings (SSSR count). The molecule has 0 unspecified atom stereocenters. The van der Waals surface area contributed by atoms with E-state index >= 15 is 0 Å². The Bertz CT molecular complexity index is 658. The fourth-order valence-corrected chi connectivity index (χ4v) is 2.26. The molecule has 5 heteroatoms. The molecule has 0 aliphatic heterocycles. The highest BCUT2D eigenvalue weighted by atomic mass is 19.1. The second-order valence-electron chi connectivity index (χ2n) is 5.36. The minimum Gasteiger partial charge on any atom is -0.497 e. The standard InChI is InChI=1S/C19H22FNO3/c1-3-18(24-17-6-4-5-16(13-17)23-2)19(22)21-12-11-14-7-9-15(20)10-8-14/h4-10,13,18H,3,11-12H2,1-2H3,(H,21,22)/t18-/m1/s1. The molecule has 0 aliphatic rings. The minimum atomic E-state index is -0.565. The first-order valence-corrected chi connectivity index (χ1v) is 7.95. The zero-order valence-corrected chi connectivity index (χ0v) is 13.9. The zero-order chi connectivity index (χ0) is 17.4. The summed E-state index contributed by atoms with van der Waals surface area (Å²) in [6.45, 7) is 2.37. The van der Waals surface area contributed by atoms with Gasteiger partial charge in [-0.25, -0.2) is 4.39 Å². The summed E-state index contributed by atoms with van der Waals surface area (Å²) in [5.74, 6) is 0.844. The number of rotatable bonds is 8. The summed E-state index contributed by atoms with van der Waals surface area (Å²) in [6.07, 6.45) is 0.631. The van der Waals surface area contributed by atoms with Crippen LogP contribution in [0.4, 0.5) is 4.39 Å². The molecule has 1 atom stereocenters. The third kappa shape index (κ3) is 5.26. The second kappa shape index (κ2) is 8.91. The monoisotopic (exact) mass is 331 g/mol. The number of ether oxygens (including phenoxy) is 2. The smallest absolute Gasteiger partial charge is 0.261 e. The van der Waals surface area contributed by atoms with E-state index in [0.717, 1.165) is 5.56 Å². The Morgan fingerprint density at radius 2 is 1.88 bits per heavy atom. The third-order valence-electron chi connectivity index (χ3n) is 3.61. The van der Waals surface area contributed by atoms with E-state index in [4.69, 9.17) is 9.47 Å². The molecule has 0 saturated heterocycles. The van der Waals surface area contributed by atoms with Gasteiger partial charge in [-0.1, -0.05) is 25.1 Å². The lowest BCUT2D eigenvalue weighted by atomic mass is 10.1. The highest BCUT2D eigenvalue weighted by molar-refractivity contribution is 5.81. The van der Waals surface area contributed by atoms with Crippen molar-refractivity contribution >= 4 is 5.91 Å². The summed E-state index contributed by atoms with van der Waals surface area (Å²) < 4.78 is 23.7. The van der Waals surface area contributed by atoms with E-state index in [2.05, 4.69) is 5.32 Å². The molecule has 0 bridgehead atoms. The number of halogens is 1. The molecular formula is C19H22FNO3. The number of nitrogens with one attached hydrogen (secondary N) is 1. The summed E-state index contributed by atoms with van der Waals surface area (Å²) in [6, 6.07) is 13.4. The number of carbonyl (C=O) groups excluding carboxylic acids is 1. The molecule has 0 aliphatic carbocycles. The number of hydrogen-bond donors (Lipinski definition) is 1. The molecule has 128 valence electrons. The summed E-state index contributed by atoms with van der Waals surface area (Å²) in [7, 11) is 1.58. The van der Waals surface area contributed by atoms with Crippen LogP contribution in [0.5, 0.6) is 11.5 Å². The fourth-order valence-electron chi connectivity index (χ4n) is 2.26.